The molecule has 110 valence electrons. The predicted molar refractivity (Wildman–Crippen MR) is 80.2 cm³/mol. The predicted octanol–water partition coefficient (Wildman–Crippen LogP) is 3.64. The Bertz CT molecular complexity index is 667. The molecule has 0 aromatic heterocycles. The van der Waals surface area contributed by atoms with E-state index in [9.17, 15) is 20.1 Å². The molecule has 0 amide bonds. The molecule has 0 heterocycles. The van der Waals surface area contributed by atoms with Crippen molar-refractivity contribution in [3.05, 3.63) is 52.0 Å². The van der Waals surface area contributed by atoms with E-state index in [1.165, 1.54) is 30.3 Å². The molecule has 5 nitrogen and oxygen atoms in total. The number of nitrogens with one attached hydrogen (secondary N) is 1. The topological polar surface area (TPSA) is 89.8 Å². The van der Waals surface area contributed by atoms with Crippen LogP contribution in [0.5, 0.6) is 11.5 Å². The van der Waals surface area contributed by atoms with E-state index in [1.54, 1.807) is 6.07 Å². The molecule has 4 N–H and O–H groups in total. The zero-order chi connectivity index (χ0) is 15.6. The Kier molecular flexibility index (Phi) is 4.45. The van der Waals surface area contributed by atoms with Gasteiger partial charge in [-0.25, -0.2) is 4.79 Å². The van der Waals surface area contributed by atoms with Gasteiger partial charge < -0.3 is 20.6 Å². The molecule has 0 radical (unpaired) electrons. The molecule has 0 aliphatic rings. The summed E-state index contributed by atoms with van der Waals surface area (Å²) in [6.45, 7) is 0. The number of aromatic hydroxyl groups is 2. The molecular formula is C14H11Cl2NO4. The van der Waals surface area contributed by atoms with Gasteiger partial charge in [0.15, 0.2) is 6.04 Å². The van der Waals surface area contributed by atoms with Gasteiger partial charge in [-0.2, -0.15) is 0 Å². The van der Waals surface area contributed by atoms with Crippen LogP contribution >= 0.6 is 23.2 Å². The second-order valence-corrected chi connectivity index (χ2v) is 5.11. The average Bonchev–Trinajstić information content (AvgIpc) is 2.37. The van der Waals surface area contributed by atoms with Gasteiger partial charge in [0.2, 0.25) is 0 Å². The van der Waals surface area contributed by atoms with Gasteiger partial charge >= 0.3 is 5.97 Å². The number of anilines is 1. The molecule has 1 atom stereocenters. The lowest BCUT2D eigenvalue weighted by Gasteiger charge is -2.18. The standard InChI is InChI=1S/C14H11Cl2NO4/c15-10-5-9(19)6-11(16)13(10)17-12(14(20)21)7-2-1-3-8(18)4-7/h1-6,12,17-19H,(H,20,21). The van der Waals surface area contributed by atoms with Gasteiger partial charge in [-0.15, -0.1) is 0 Å². The van der Waals surface area contributed by atoms with Gasteiger partial charge in [-0.05, 0) is 17.7 Å². The molecule has 0 aliphatic carbocycles. The molecule has 7 heteroatoms. The molecule has 2 aromatic rings. The minimum absolute atomic E-state index is 0.0524. The summed E-state index contributed by atoms with van der Waals surface area (Å²) in [4.78, 5) is 11.4. The summed E-state index contributed by atoms with van der Waals surface area (Å²) >= 11 is 11.9. The van der Waals surface area contributed by atoms with Crippen molar-refractivity contribution >= 4 is 34.9 Å². The van der Waals surface area contributed by atoms with Gasteiger partial charge in [-0.3, -0.25) is 0 Å². The number of phenolic OH excluding ortho intramolecular Hbond substituents is 2. The molecule has 0 fully saturated rings. The minimum Gasteiger partial charge on any atom is -0.508 e. The normalized spacial score (nSPS) is 11.9. The SMILES string of the molecule is O=C(O)C(Nc1c(Cl)cc(O)cc1Cl)c1cccc(O)c1. The van der Waals surface area contributed by atoms with Gasteiger partial charge in [-0.1, -0.05) is 35.3 Å². The van der Waals surface area contributed by atoms with E-state index < -0.39 is 12.0 Å². The van der Waals surface area contributed by atoms with Crippen LogP contribution < -0.4 is 5.32 Å². The number of hydrogen-bond acceptors (Lipinski definition) is 4. The summed E-state index contributed by atoms with van der Waals surface area (Å²) in [6.07, 6.45) is 0. The van der Waals surface area contributed by atoms with E-state index in [4.69, 9.17) is 23.2 Å². The first-order valence-corrected chi connectivity index (χ1v) is 6.60. The molecule has 1 unspecified atom stereocenters. The van der Waals surface area contributed by atoms with Gasteiger partial charge in [0.25, 0.3) is 0 Å². The number of benzene rings is 2. The first-order valence-electron chi connectivity index (χ1n) is 5.85. The van der Waals surface area contributed by atoms with Gasteiger partial charge in [0, 0.05) is 12.1 Å². The van der Waals surface area contributed by atoms with Crippen molar-refractivity contribution in [3.63, 3.8) is 0 Å². The van der Waals surface area contributed by atoms with Gasteiger partial charge in [0.1, 0.15) is 11.5 Å². The first kappa shape index (κ1) is 15.3. The maximum Gasteiger partial charge on any atom is 0.330 e. The third-order valence-corrected chi connectivity index (χ3v) is 3.36. The van der Waals surface area contributed by atoms with Crippen LogP contribution in [0.3, 0.4) is 0 Å². The van der Waals surface area contributed by atoms with Crippen LogP contribution in [0.2, 0.25) is 10.0 Å². The Balaban J connectivity index is 2.40. The number of phenols is 2. The maximum atomic E-state index is 11.4. The molecule has 2 rings (SSSR count). The van der Waals surface area contributed by atoms with Crippen molar-refractivity contribution in [2.45, 2.75) is 6.04 Å². The van der Waals surface area contributed by atoms with E-state index in [-0.39, 0.29) is 27.2 Å². The third-order valence-electron chi connectivity index (χ3n) is 2.77. The van der Waals surface area contributed by atoms with E-state index in [2.05, 4.69) is 5.32 Å². The fourth-order valence-electron chi connectivity index (χ4n) is 1.83. The molecule has 0 spiro atoms. The van der Waals surface area contributed by atoms with Crippen LogP contribution in [0.1, 0.15) is 11.6 Å². The first-order chi connectivity index (χ1) is 9.88. The van der Waals surface area contributed by atoms with E-state index in [0.29, 0.717) is 5.56 Å². The van der Waals surface area contributed by atoms with Gasteiger partial charge in [0.05, 0.1) is 15.7 Å². The summed E-state index contributed by atoms with van der Waals surface area (Å²) in [5.41, 5.74) is 0.523. The second kappa shape index (κ2) is 6.11. The number of carbonyl (C=O) groups is 1. The second-order valence-electron chi connectivity index (χ2n) is 4.29. The van der Waals surface area contributed by atoms with Crippen molar-refractivity contribution in [1.29, 1.82) is 0 Å². The highest BCUT2D eigenvalue weighted by atomic mass is 35.5. The largest absolute Gasteiger partial charge is 0.508 e. The Morgan fingerprint density at radius 1 is 1.05 bits per heavy atom. The zero-order valence-corrected chi connectivity index (χ0v) is 12.1. The highest BCUT2D eigenvalue weighted by molar-refractivity contribution is 6.39. The Morgan fingerprint density at radius 2 is 1.67 bits per heavy atom. The molecule has 2 aromatic carbocycles. The summed E-state index contributed by atoms with van der Waals surface area (Å²) in [5, 5.41) is 31.0. The fourth-order valence-corrected chi connectivity index (χ4v) is 2.42. The minimum atomic E-state index is -1.17. The Hall–Kier alpha value is -2.11. The van der Waals surface area contributed by atoms with Crippen LogP contribution in [0.4, 0.5) is 5.69 Å². The lowest BCUT2D eigenvalue weighted by molar-refractivity contribution is -0.138. The lowest BCUT2D eigenvalue weighted by atomic mass is 10.1. The molecule has 0 bridgehead atoms. The number of carboxylic acids is 1. The number of carboxylic acid groups (broad SMARTS) is 1. The number of hydrogen-bond donors (Lipinski definition) is 4. The van der Waals surface area contributed by atoms with E-state index in [0.717, 1.165) is 0 Å². The number of halogens is 2. The summed E-state index contributed by atoms with van der Waals surface area (Å²) in [5.74, 6) is -1.34. The summed E-state index contributed by atoms with van der Waals surface area (Å²) < 4.78 is 0. The van der Waals surface area contributed by atoms with Crippen molar-refractivity contribution in [1.82, 2.24) is 0 Å². The molecule has 21 heavy (non-hydrogen) atoms. The highest BCUT2D eigenvalue weighted by Crippen LogP contribution is 2.36. The summed E-state index contributed by atoms with van der Waals surface area (Å²) in [7, 11) is 0. The van der Waals surface area contributed by atoms with E-state index in [1.807, 2.05) is 0 Å². The van der Waals surface area contributed by atoms with Crippen molar-refractivity contribution in [2.75, 3.05) is 5.32 Å². The van der Waals surface area contributed by atoms with Crippen LogP contribution in [0.25, 0.3) is 0 Å². The van der Waals surface area contributed by atoms with Crippen LogP contribution in [0.15, 0.2) is 36.4 Å². The molecular weight excluding hydrogens is 317 g/mol. The zero-order valence-electron chi connectivity index (χ0n) is 10.5. The lowest BCUT2D eigenvalue weighted by Crippen LogP contribution is -2.20. The number of aliphatic carboxylic acids is 1. The maximum absolute atomic E-state index is 11.4. The van der Waals surface area contributed by atoms with Crippen LogP contribution in [0, 0.1) is 0 Å². The Morgan fingerprint density at radius 3 is 2.19 bits per heavy atom. The monoisotopic (exact) mass is 327 g/mol. The van der Waals surface area contributed by atoms with E-state index >= 15 is 0 Å². The summed E-state index contributed by atoms with van der Waals surface area (Å²) in [6, 6.07) is 7.18. The third kappa shape index (κ3) is 3.51. The molecule has 0 saturated heterocycles. The molecule has 0 saturated carbocycles. The van der Waals surface area contributed by atoms with Crippen LogP contribution in [-0.2, 0) is 4.79 Å². The molecule has 0 aliphatic heterocycles. The Labute approximate surface area is 130 Å². The van der Waals surface area contributed by atoms with Crippen molar-refractivity contribution in [2.24, 2.45) is 0 Å². The quantitative estimate of drug-likeness (QED) is 0.644. The fraction of sp³-hybridized carbons (Fsp3) is 0.0714. The smallest absolute Gasteiger partial charge is 0.330 e. The van der Waals surface area contributed by atoms with Crippen molar-refractivity contribution < 1.29 is 20.1 Å². The number of rotatable bonds is 4. The van der Waals surface area contributed by atoms with Crippen molar-refractivity contribution in [3.8, 4) is 11.5 Å². The van der Waals surface area contributed by atoms with Crippen LogP contribution in [-0.4, -0.2) is 21.3 Å². The average molecular weight is 328 g/mol. The highest BCUT2D eigenvalue weighted by Gasteiger charge is 2.22.